The van der Waals surface area contributed by atoms with E-state index >= 15 is 0 Å². The van der Waals surface area contributed by atoms with E-state index in [1.54, 1.807) is 11.8 Å². The van der Waals surface area contributed by atoms with E-state index in [0.717, 1.165) is 23.1 Å². The molecule has 0 radical (unpaired) electrons. The summed E-state index contributed by atoms with van der Waals surface area (Å²) in [6.45, 7) is 8.74. The summed E-state index contributed by atoms with van der Waals surface area (Å²) in [6.07, 6.45) is 0.131. The number of hydrogen-bond donors (Lipinski definition) is 0. The van der Waals surface area contributed by atoms with Crippen LogP contribution in [0.1, 0.15) is 55.9 Å². The lowest BCUT2D eigenvalue weighted by atomic mass is 9.97. The fourth-order valence-corrected chi connectivity index (χ4v) is 3.95. The van der Waals surface area contributed by atoms with Gasteiger partial charge in [-0.3, -0.25) is 9.59 Å². The van der Waals surface area contributed by atoms with Gasteiger partial charge in [-0.25, -0.2) is 0 Å². The molecule has 0 bridgehead atoms. The Balaban J connectivity index is 1.67. The maximum atomic E-state index is 13.3. The van der Waals surface area contributed by atoms with E-state index in [-0.39, 0.29) is 5.91 Å². The molecular formula is C30H35NO3. The van der Waals surface area contributed by atoms with E-state index in [1.165, 1.54) is 5.56 Å². The van der Waals surface area contributed by atoms with Crippen molar-refractivity contribution in [1.29, 1.82) is 0 Å². The molecule has 1 amide bonds. The maximum absolute atomic E-state index is 13.3. The molecule has 3 aromatic rings. The van der Waals surface area contributed by atoms with Crippen molar-refractivity contribution in [1.82, 2.24) is 4.90 Å². The van der Waals surface area contributed by atoms with Crippen LogP contribution >= 0.6 is 0 Å². The molecule has 4 heteroatoms. The zero-order valence-corrected chi connectivity index (χ0v) is 20.6. The Kier molecular flexibility index (Phi) is 9.03. The highest BCUT2D eigenvalue weighted by atomic mass is 16.5. The van der Waals surface area contributed by atoms with E-state index in [0.29, 0.717) is 19.0 Å². The van der Waals surface area contributed by atoms with Crippen LogP contribution in [-0.2, 0) is 33.8 Å². The predicted octanol–water partition coefficient (Wildman–Crippen LogP) is 6.15. The van der Waals surface area contributed by atoms with E-state index in [4.69, 9.17) is 4.74 Å². The molecule has 3 rings (SSSR count). The number of benzene rings is 3. The van der Waals surface area contributed by atoms with E-state index < -0.39 is 18.0 Å². The van der Waals surface area contributed by atoms with Gasteiger partial charge < -0.3 is 9.64 Å². The molecule has 0 spiro atoms. The average Bonchev–Trinajstić information content (AvgIpc) is 2.84. The summed E-state index contributed by atoms with van der Waals surface area (Å²) in [6, 6.07) is 27.8. The van der Waals surface area contributed by atoms with E-state index in [9.17, 15) is 9.59 Å². The zero-order valence-electron chi connectivity index (χ0n) is 20.6. The minimum absolute atomic E-state index is 0.208. The van der Waals surface area contributed by atoms with Gasteiger partial charge in [0.15, 0.2) is 6.10 Å². The van der Waals surface area contributed by atoms with Crippen molar-refractivity contribution in [2.45, 2.75) is 59.2 Å². The highest BCUT2D eigenvalue weighted by molar-refractivity contribution is 5.85. The molecule has 0 saturated carbocycles. The fraction of sp³-hybridized carbons (Fsp3) is 0.333. The summed E-state index contributed by atoms with van der Waals surface area (Å²) >= 11 is 0. The molecule has 0 unspecified atom stereocenters. The van der Waals surface area contributed by atoms with Crippen LogP contribution in [0.15, 0.2) is 84.9 Å². The lowest BCUT2D eigenvalue weighted by Gasteiger charge is -2.26. The highest BCUT2D eigenvalue weighted by Gasteiger charge is 2.27. The number of hydrogen-bond acceptors (Lipinski definition) is 3. The third kappa shape index (κ3) is 7.31. The molecular weight excluding hydrogens is 422 g/mol. The molecule has 0 N–H and O–H groups in total. The molecule has 3 aromatic carbocycles. The molecule has 0 aliphatic rings. The van der Waals surface area contributed by atoms with Gasteiger partial charge >= 0.3 is 5.97 Å². The van der Waals surface area contributed by atoms with Crippen LogP contribution < -0.4 is 0 Å². The van der Waals surface area contributed by atoms with Crippen molar-refractivity contribution in [2.24, 2.45) is 5.92 Å². The fourth-order valence-electron chi connectivity index (χ4n) is 3.95. The first-order valence-corrected chi connectivity index (χ1v) is 12.0. The molecule has 0 aromatic heterocycles. The Hall–Kier alpha value is -3.40. The smallest absolute Gasteiger partial charge is 0.313 e. The number of nitrogens with zero attached hydrogens (tertiary/aromatic N) is 1. The van der Waals surface area contributed by atoms with Crippen molar-refractivity contribution in [3.8, 4) is 0 Å². The number of carbonyl (C=O) groups excluding carboxylic acids is 2. The SMILES string of the molecule is CC(C)Cc1ccc([C@H](C)C(=O)O[C@@H](C)C(=O)N(Cc2ccccc2)Cc2ccccc2)cc1. The maximum Gasteiger partial charge on any atom is 0.313 e. The first-order valence-electron chi connectivity index (χ1n) is 12.0. The number of rotatable bonds is 10. The van der Waals surface area contributed by atoms with Crippen LogP contribution in [0.25, 0.3) is 0 Å². The van der Waals surface area contributed by atoms with Crippen LogP contribution in [0.4, 0.5) is 0 Å². The largest absolute Gasteiger partial charge is 0.452 e. The Labute approximate surface area is 203 Å². The Bertz CT molecular complexity index is 1000. The first kappa shape index (κ1) is 25.2. The molecule has 178 valence electrons. The van der Waals surface area contributed by atoms with Gasteiger partial charge in [0.05, 0.1) is 5.92 Å². The van der Waals surface area contributed by atoms with Gasteiger partial charge in [0.25, 0.3) is 5.91 Å². The van der Waals surface area contributed by atoms with E-state index in [1.807, 2.05) is 79.7 Å². The van der Waals surface area contributed by atoms with Gasteiger partial charge in [-0.15, -0.1) is 0 Å². The third-order valence-corrected chi connectivity index (χ3v) is 5.86. The van der Waals surface area contributed by atoms with Gasteiger partial charge in [-0.1, -0.05) is 98.8 Å². The topological polar surface area (TPSA) is 46.6 Å². The number of amides is 1. The minimum atomic E-state index is -0.873. The summed E-state index contributed by atoms with van der Waals surface area (Å²) in [5, 5.41) is 0. The predicted molar refractivity (Wildman–Crippen MR) is 136 cm³/mol. The second kappa shape index (κ2) is 12.2. The lowest BCUT2D eigenvalue weighted by molar-refractivity contribution is -0.160. The molecule has 34 heavy (non-hydrogen) atoms. The van der Waals surface area contributed by atoms with Gasteiger partial charge in [0, 0.05) is 13.1 Å². The van der Waals surface area contributed by atoms with Crippen molar-refractivity contribution in [3.63, 3.8) is 0 Å². The van der Waals surface area contributed by atoms with Crippen LogP contribution in [-0.4, -0.2) is 22.9 Å². The second-order valence-corrected chi connectivity index (χ2v) is 9.31. The van der Waals surface area contributed by atoms with Crippen molar-refractivity contribution >= 4 is 11.9 Å². The molecule has 4 nitrogen and oxygen atoms in total. The van der Waals surface area contributed by atoms with Crippen molar-refractivity contribution < 1.29 is 14.3 Å². The number of carbonyl (C=O) groups is 2. The van der Waals surface area contributed by atoms with Crippen LogP contribution in [0, 0.1) is 5.92 Å². The van der Waals surface area contributed by atoms with Crippen LogP contribution in [0.5, 0.6) is 0 Å². The molecule has 0 aliphatic carbocycles. The summed E-state index contributed by atoms with van der Waals surface area (Å²) in [5.41, 5.74) is 4.20. The first-order chi connectivity index (χ1) is 16.3. The van der Waals surface area contributed by atoms with Gasteiger partial charge in [0.1, 0.15) is 0 Å². The highest BCUT2D eigenvalue weighted by Crippen LogP contribution is 2.20. The quantitative estimate of drug-likeness (QED) is 0.343. The summed E-state index contributed by atoms with van der Waals surface area (Å²) < 4.78 is 5.65. The normalized spacial score (nSPS) is 12.7. The van der Waals surface area contributed by atoms with Crippen molar-refractivity contribution in [3.05, 3.63) is 107 Å². The van der Waals surface area contributed by atoms with E-state index in [2.05, 4.69) is 26.0 Å². The Morgan fingerprint density at radius 3 is 1.68 bits per heavy atom. The Morgan fingerprint density at radius 1 is 0.706 bits per heavy atom. The van der Waals surface area contributed by atoms with Crippen molar-refractivity contribution in [2.75, 3.05) is 0 Å². The van der Waals surface area contributed by atoms with Gasteiger partial charge in [0.2, 0.25) is 0 Å². The molecule has 0 heterocycles. The molecule has 2 atom stereocenters. The third-order valence-electron chi connectivity index (χ3n) is 5.86. The molecule has 0 saturated heterocycles. The standard InChI is InChI=1S/C30H35NO3/c1-22(2)19-25-15-17-28(18-16-25)23(3)30(33)34-24(4)29(32)31(20-26-11-7-5-8-12-26)21-27-13-9-6-10-14-27/h5-18,22-24H,19-21H2,1-4H3/t23-,24-/m0/s1. The molecule has 0 fully saturated rings. The summed E-state index contributed by atoms with van der Waals surface area (Å²) in [7, 11) is 0. The lowest BCUT2D eigenvalue weighted by Crippen LogP contribution is -2.39. The minimum Gasteiger partial charge on any atom is -0.452 e. The summed E-state index contributed by atoms with van der Waals surface area (Å²) in [5.74, 6) is -0.466. The Morgan fingerprint density at radius 2 is 1.21 bits per heavy atom. The van der Waals surface area contributed by atoms with Crippen LogP contribution in [0.3, 0.4) is 0 Å². The number of esters is 1. The zero-order chi connectivity index (χ0) is 24.5. The monoisotopic (exact) mass is 457 g/mol. The second-order valence-electron chi connectivity index (χ2n) is 9.31. The van der Waals surface area contributed by atoms with Crippen LogP contribution in [0.2, 0.25) is 0 Å². The van der Waals surface area contributed by atoms with Gasteiger partial charge in [-0.05, 0) is 48.4 Å². The molecule has 0 aliphatic heterocycles. The number of ether oxygens (including phenoxy) is 1. The average molecular weight is 458 g/mol. The van der Waals surface area contributed by atoms with Gasteiger partial charge in [-0.2, -0.15) is 0 Å². The summed E-state index contributed by atoms with van der Waals surface area (Å²) in [4.78, 5) is 28.0.